The first-order valence-corrected chi connectivity index (χ1v) is 7.68. The van der Waals surface area contributed by atoms with Crippen molar-refractivity contribution >= 4 is 0 Å². The van der Waals surface area contributed by atoms with Crippen LogP contribution in [0.4, 0.5) is 0 Å². The second kappa shape index (κ2) is 8.14. The molecule has 1 aliphatic heterocycles. The van der Waals surface area contributed by atoms with Crippen LogP contribution in [0.15, 0.2) is 30.3 Å². The van der Waals surface area contributed by atoms with Crippen LogP contribution in [0.3, 0.4) is 0 Å². The molecular formula is C17H24N2O2. The van der Waals surface area contributed by atoms with E-state index in [1.807, 2.05) is 37.3 Å². The Bertz CT molecular complexity index is 452. The highest BCUT2D eigenvalue weighted by Crippen LogP contribution is 2.22. The van der Waals surface area contributed by atoms with E-state index in [1.54, 1.807) is 0 Å². The van der Waals surface area contributed by atoms with Gasteiger partial charge < -0.3 is 9.47 Å². The van der Waals surface area contributed by atoms with Gasteiger partial charge in [-0.05, 0) is 30.9 Å². The van der Waals surface area contributed by atoms with Crippen LogP contribution in [0.1, 0.15) is 25.3 Å². The molecule has 0 bridgehead atoms. The lowest BCUT2D eigenvalue weighted by atomic mass is 9.92. The van der Waals surface area contributed by atoms with Gasteiger partial charge in [-0.2, -0.15) is 5.26 Å². The molecule has 1 N–H and O–H groups in total. The fourth-order valence-corrected chi connectivity index (χ4v) is 2.69. The molecule has 1 heterocycles. The quantitative estimate of drug-likeness (QED) is 0.837. The van der Waals surface area contributed by atoms with E-state index in [1.165, 1.54) is 0 Å². The molecule has 1 saturated heterocycles. The molecule has 2 rings (SSSR count). The summed E-state index contributed by atoms with van der Waals surface area (Å²) in [6.45, 7) is 5.45. The number of rotatable bonds is 7. The Kier molecular flexibility index (Phi) is 6.19. The number of ether oxygens (including phenoxy) is 2. The topological polar surface area (TPSA) is 54.3 Å². The van der Waals surface area contributed by atoms with Crippen LogP contribution in [0.25, 0.3) is 0 Å². The molecule has 0 aromatic heterocycles. The van der Waals surface area contributed by atoms with Gasteiger partial charge in [0, 0.05) is 19.8 Å². The molecule has 1 aromatic carbocycles. The third kappa shape index (κ3) is 4.28. The predicted octanol–water partition coefficient (Wildman–Crippen LogP) is 2.46. The highest BCUT2D eigenvalue weighted by atomic mass is 16.5. The van der Waals surface area contributed by atoms with Gasteiger partial charge in [0.05, 0.1) is 12.7 Å². The number of nitrogens with zero attached hydrogens (tertiary/aromatic N) is 1. The van der Waals surface area contributed by atoms with Crippen molar-refractivity contribution in [3.8, 4) is 6.07 Å². The Morgan fingerprint density at radius 1 is 1.33 bits per heavy atom. The minimum absolute atomic E-state index is 0.374. The Morgan fingerprint density at radius 3 is 2.67 bits per heavy atom. The van der Waals surface area contributed by atoms with Crippen LogP contribution in [0, 0.1) is 17.2 Å². The summed E-state index contributed by atoms with van der Waals surface area (Å²) in [6.07, 6.45) is 2.10. The van der Waals surface area contributed by atoms with Crippen LogP contribution in [0.2, 0.25) is 0 Å². The molecule has 1 unspecified atom stereocenters. The highest BCUT2D eigenvalue weighted by Gasteiger charge is 2.32. The summed E-state index contributed by atoms with van der Waals surface area (Å²) in [5.41, 5.74) is 0.197. The third-order valence-electron chi connectivity index (χ3n) is 3.95. The monoisotopic (exact) mass is 288 g/mol. The van der Waals surface area contributed by atoms with Gasteiger partial charge in [-0.25, -0.2) is 0 Å². The van der Waals surface area contributed by atoms with Crippen LogP contribution in [-0.4, -0.2) is 33.0 Å². The van der Waals surface area contributed by atoms with Crippen LogP contribution in [-0.2, 0) is 15.0 Å². The van der Waals surface area contributed by atoms with Gasteiger partial charge in [0.1, 0.15) is 0 Å². The zero-order valence-corrected chi connectivity index (χ0v) is 12.7. The fourth-order valence-electron chi connectivity index (χ4n) is 2.69. The zero-order valence-electron chi connectivity index (χ0n) is 12.7. The zero-order chi connectivity index (χ0) is 15.0. The average Bonchev–Trinajstić information content (AvgIpc) is 2.56. The molecular weight excluding hydrogens is 264 g/mol. The van der Waals surface area contributed by atoms with Gasteiger partial charge in [-0.15, -0.1) is 0 Å². The highest BCUT2D eigenvalue weighted by molar-refractivity contribution is 5.31. The van der Waals surface area contributed by atoms with E-state index in [0.717, 1.165) is 38.2 Å². The summed E-state index contributed by atoms with van der Waals surface area (Å²) < 4.78 is 11.3. The summed E-state index contributed by atoms with van der Waals surface area (Å²) in [5.74, 6) is 0.549. The van der Waals surface area contributed by atoms with Crippen molar-refractivity contribution in [1.82, 2.24) is 5.32 Å². The van der Waals surface area contributed by atoms with Crippen molar-refractivity contribution in [2.75, 3.05) is 33.0 Å². The van der Waals surface area contributed by atoms with Gasteiger partial charge in [-0.3, -0.25) is 5.32 Å². The van der Waals surface area contributed by atoms with E-state index < -0.39 is 5.54 Å². The van der Waals surface area contributed by atoms with Gasteiger partial charge >= 0.3 is 0 Å². The lowest BCUT2D eigenvalue weighted by Gasteiger charge is -2.29. The Hall–Kier alpha value is -1.41. The molecule has 0 amide bonds. The lowest BCUT2D eigenvalue weighted by molar-refractivity contribution is 0.00850. The molecule has 0 aliphatic carbocycles. The second-order valence-corrected chi connectivity index (χ2v) is 5.48. The third-order valence-corrected chi connectivity index (χ3v) is 3.95. The van der Waals surface area contributed by atoms with Crippen molar-refractivity contribution in [1.29, 1.82) is 5.26 Å². The number of hydrogen-bond donors (Lipinski definition) is 1. The van der Waals surface area contributed by atoms with Crippen LogP contribution >= 0.6 is 0 Å². The Morgan fingerprint density at radius 2 is 2.05 bits per heavy atom. The first-order valence-electron chi connectivity index (χ1n) is 7.68. The maximum Gasteiger partial charge on any atom is 0.155 e. The minimum atomic E-state index is -0.763. The van der Waals surface area contributed by atoms with E-state index in [2.05, 4.69) is 11.4 Å². The van der Waals surface area contributed by atoms with Crippen molar-refractivity contribution < 1.29 is 9.47 Å². The predicted molar refractivity (Wildman–Crippen MR) is 81.8 cm³/mol. The minimum Gasteiger partial charge on any atom is -0.381 e. The second-order valence-electron chi connectivity index (χ2n) is 5.48. The van der Waals surface area contributed by atoms with Gasteiger partial charge in [0.2, 0.25) is 0 Å². The van der Waals surface area contributed by atoms with Crippen LogP contribution in [0.5, 0.6) is 0 Å². The van der Waals surface area contributed by atoms with Crippen molar-refractivity contribution in [3.05, 3.63) is 35.9 Å². The van der Waals surface area contributed by atoms with E-state index in [-0.39, 0.29) is 0 Å². The van der Waals surface area contributed by atoms with Crippen molar-refractivity contribution in [2.45, 2.75) is 25.3 Å². The molecule has 0 radical (unpaired) electrons. The number of nitriles is 1. The van der Waals surface area contributed by atoms with Gasteiger partial charge in [0.15, 0.2) is 5.54 Å². The number of hydrogen-bond acceptors (Lipinski definition) is 4. The molecule has 4 nitrogen and oxygen atoms in total. The lowest BCUT2D eigenvalue weighted by Crippen LogP contribution is -2.45. The van der Waals surface area contributed by atoms with Gasteiger partial charge in [-0.1, -0.05) is 37.3 Å². The molecule has 1 atom stereocenters. The summed E-state index contributed by atoms with van der Waals surface area (Å²) in [4.78, 5) is 0. The molecule has 0 saturated carbocycles. The van der Waals surface area contributed by atoms with E-state index >= 15 is 0 Å². The number of likely N-dealkylation sites (N-methyl/N-ethyl adjacent to an activating group) is 1. The molecule has 21 heavy (non-hydrogen) atoms. The summed E-state index contributed by atoms with van der Waals surface area (Å²) >= 11 is 0. The van der Waals surface area contributed by atoms with E-state index in [4.69, 9.17) is 9.47 Å². The van der Waals surface area contributed by atoms with Gasteiger partial charge in [0.25, 0.3) is 0 Å². The number of benzene rings is 1. The maximum atomic E-state index is 9.69. The first-order chi connectivity index (χ1) is 10.3. The van der Waals surface area contributed by atoms with Crippen molar-refractivity contribution in [3.63, 3.8) is 0 Å². The molecule has 0 spiro atoms. The maximum absolute atomic E-state index is 9.69. The van der Waals surface area contributed by atoms with Crippen molar-refractivity contribution in [2.24, 2.45) is 5.92 Å². The summed E-state index contributed by atoms with van der Waals surface area (Å²) in [7, 11) is 0. The average molecular weight is 288 g/mol. The normalized spacial score (nSPS) is 18.9. The molecule has 1 fully saturated rings. The molecule has 1 aromatic rings. The number of nitrogens with one attached hydrogen (secondary N) is 1. The molecule has 1 aliphatic rings. The smallest absolute Gasteiger partial charge is 0.155 e. The van der Waals surface area contributed by atoms with E-state index in [9.17, 15) is 5.26 Å². The summed E-state index contributed by atoms with van der Waals surface area (Å²) in [5, 5.41) is 13.0. The fraction of sp³-hybridized carbons (Fsp3) is 0.588. The SMILES string of the molecule is CCNC(C#N)(COCC1CCOCC1)c1ccccc1. The molecule has 4 heteroatoms. The first kappa shape index (κ1) is 16.0. The molecule has 114 valence electrons. The Balaban J connectivity index is 1.98. The standard InChI is InChI=1S/C17H24N2O2/c1-2-19-17(13-18,16-6-4-3-5-7-16)14-21-12-15-8-10-20-11-9-15/h3-7,15,19H,2,8-12,14H2,1H3. The Labute approximate surface area is 127 Å². The van der Waals surface area contributed by atoms with E-state index in [0.29, 0.717) is 19.1 Å². The van der Waals surface area contributed by atoms with Crippen LogP contribution < -0.4 is 5.32 Å². The largest absolute Gasteiger partial charge is 0.381 e. The summed E-state index contributed by atoms with van der Waals surface area (Å²) in [6, 6.07) is 12.2.